The summed E-state index contributed by atoms with van der Waals surface area (Å²) in [5.74, 6) is 0. The summed E-state index contributed by atoms with van der Waals surface area (Å²) in [6.45, 7) is 11.5. The minimum absolute atomic E-state index is 0.386. The predicted molar refractivity (Wildman–Crippen MR) is 60.5 cm³/mol. The normalized spacial score (nSPS) is 13.0. The molecule has 0 saturated heterocycles. The summed E-state index contributed by atoms with van der Waals surface area (Å²) in [6.07, 6.45) is 6.08. The van der Waals surface area contributed by atoms with Gasteiger partial charge >= 0.3 is 0 Å². The minimum Gasteiger partial charge on any atom is -0.313 e. The second kappa shape index (κ2) is 4.78. The Morgan fingerprint density at radius 2 is 1.62 bits per heavy atom. The molecular weight excluding hydrogens is 158 g/mol. The summed E-state index contributed by atoms with van der Waals surface area (Å²) < 4.78 is 0. The summed E-state index contributed by atoms with van der Waals surface area (Å²) in [7, 11) is 0. The number of hydrogen-bond acceptors (Lipinski definition) is 1. The lowest BCUT2D eigenvalue weighted by atomic mass is 9.72. The minimum atomic E-state index is 0.386. The fraction of sp³-hybridized carbons (Fsp3) is 0.917. The van der Waals surface area contributed by atoms with E-state index in [1.54, 1.807) is 0 Å². The lowest BCUT2D eigenvalue weighted by Gasteiger charge is -2.34. The quantitative estimate of drug-likeness (QED) is 0.595. The molecule has 13 heavy (non-hydrogen) atoms. The molecule has 0 rings (SSSR count). The largest absolute Gasteiger partial charge is 0.313 e. The van der Waals surface area contributed by atoms with Crippen molar-refractivity contribution < 1.29 is 0 Å². The first-order valence-corrected chi connectivity index (χ1v) is 5.32. The first-order valence-electron chi connectivity index (χ1n) is 5.32. The first kappa shape index (κ1) is 12.7. The van der Waals surface area contributed by atoms with E-state index in [0.29, 0.717) is 10.8 Å². The van der Waals surface area contributed by atoms with E-state index in [4.69, 9.17) is 5.41 Å². The second-order valence-electron chi connectivity index (χ2n) is 5.60. The summed E-state index contributed by atoms with van der Waals surface area (Å²) in [5.41, 5.74) is 0.836. The summed E-state index contributed by atoms with van der Waals surface area (Å²) >= 11 is 0. The fourth-order valence-corrected chi connectivity index (χ4v) is 1.97. The molecule has 0 spiro atoms. The van der Waals surface area contributed by atoms with Crippen LogP contribution in [0.15, 0.2) is 0 Å². The molecule has 0 fully saturated rings. The van der Waals surface area contributed by atoms with Crippen LogP contribution in [0.1, 0.15) is 60.3 Å². The highest BCUT2D eigenvalue weighted by Crippen LogP contribution is 2.38. The Balaban J connectivity index is 4.07. The van der Waals surface area contributed by atoms with Crippen LogP contribution in [0.4, 0.5) is 0 Å². The van der Waals surface area contributed by atoms with Gasteiger partial charge in [0.2, 0.25) is 0 Å². The van der Waals surface area contributed by atoms with Crippen LogP contribution in [0.25, 0.3) is 0 Å². The Morgan fingerprint density at radius 3 is 2.00 bits per heavy atom. The summed E-state index contributed by atoms with van der Waals surface area (Å²) in [4.78, 5) is 0. The van der Waals surface area contributed by atoms with Crippen molar-refractivity contribution in [1.29, 1.82) is 5.41 Å². The molecule has 0 aromatic carbocycles. The molecule has 0 amide bonds. The zero-order valence-electron chi connectivity index (χ0n) is 9.91. The highest BCUT2D eigenvalue weighted by Gasteiger charge is 2.26. The van der Waals surface area contributed by atoms with Gasteiger partial charge in [-0.15, -0.1) is 0 Å². The highest BCUT2D eigenvalue weighted by atomic mass is 14.3. The lowest BCUT2D eigenvalue weighted by molar-refractivity contribution is 0.180. The first-order chi connectivity index (χ1) is 5.83. The van der Waals surface area contributed by atoms with Crippen LogP contribution in [-0.2, 0) is 0 Å². The van der Waals surface area contributed by atoms with Crippen molar-refractivity contribution in [2.45, 2.75) is 60.3 Å². The van der Waals surface area contributed by atoms with Crippen molar-refractivity contribution in [3.05, 3.63) is 0 Å². The Hall–Kier alpha value is -0.330. The van der Waals surface area contributed by atoms with Crippen molar-refractivity contribution in [3.63, 3.8) is 0 Å². The third-order valence-electron chi connectivity index (χ3n) is 2.88. The van der Waals surface area contributed by atoms with E-state index in [0.717, 1.165) is 12.8 Å². The van der Waals surface area contributed by atoms with Crippen molar-refractivity contribution >= 4 is 6.21 Å². The van der Waals surface area contributed by atoms with E-state index in [1.165, 1.54) is 19.1 Å². The van der Waals surface area contributed by atoms with Crippen LogP contribution >= 0.6 is 0 Å². The van der Waals surface area contributed by atoms with Gasteiger partial charge in [0.1, 0.15) is 0 Å². The van der Waals surface area contributed by atoms with Crippen LogP contribution in [0, 0.1) is 16.2 Å². The lowest BCUT2D eigenvalue weighted by Crippen LogP contribution is -2.22. The van der Waals surface area contributed by atoms with Gasteiger partial charge in [-0.2, -0.15) is 0 Å². The second-order valence-corrected chi connectivity index (χ2v) is 5.60. The molecule has 0 heterocycles. The maximum absolute atomic E-state index is 7.03. The SMILES string of the molecule is CCC(C)(C)CC(C)(C)CCC=N. The van der Waals surface area contributed by atoms with E-state index in [1.807, 2.05) is 0 Å². The maximum Gasteiger partial charge on any atom is -0.00475 e. The zero-order valence-corrected chi connectivity index (χ0v) is 9.91. The molecule has 1 N–H and O–H groups in total. The summed E-state index contributed by atoms with van der Waals surface area (Å²) in [5, 5.41) is 7.03. The average Bonchev–Trinajstić information content (AvgIpc) is 1.99. The van der Waals surface area contributed by atoms with E-state index in [9.17, 15) is 0 Å². The van der Waals surface area contributed by atoms with Crippen LogP contribution in [0.3, 0.4) is 0 Å². The molecule has 1 nitrogen and oxygen atoms in total. The molecule has 0 aromatic heterocycles. The van der Waals surface area contributed by atoms with Gasteiger partial charge in [-0.3, -0.25) is 0 Å². The smallest absolute Gasteiger partial charge is 0.00475 e. The molecule has 1 heteroatoms. The van der Waals surface area contributed by atoms with Gasteiger partial charge in [0.15, 0.2) is 0 Å². The van der Waals surface area contributed by atoms with E-state index in [2.05, 4.69) is 34.6 Å². The zero-order chi connectivity index (χ0) is 10.5. The molecule has 0 aliphatic rings. The van der Waals surface area contributed by atoms with Gasteiger partial charge in [0.05, 0.1) is 0 Å². The Labute approximate surface area is 83.4 Å². The van der Waals surface area contributed by atoms with Crippen molar-refractivity contribution in [2.75, 3.05) is 0 Å². The summed E-state index contributed by atoms with van der Waals surface area (Å²) in [6, 6.07) is 0. The van der Waals surface area contributed by atoms with Gasteiger partial charge in [0, 0.05) is 0 Å². The molecular formula is C12H25N. The molecule has 0 aliphatic carbocycles. The molecule has 0 aliphatic heterocycles. The number of rotatable bonds is 6. The standard InChI is InChI=1S/C12H25N/c1-6-11(2,3)10-12(4,5)8-7-9-13/h9,13H,6-8,10H2,1-5H3. The van der Waals surface area contributed by atoms with Crippen molar-refractivity contribution in [3.8, 4) is 0 Å². The van der Waals surface area contributed by atoms with E-state index >= 15 is 0 Å². The molecule has 0 aromatic rings. The molecule has 0 saturated carbocycles. The molecule has 0 radical (unpaired) electrons. The van der Waals surface area contributed by atoms with Crippen molar-refractivity contribution in [2.24, 2.45) is 10.8 Å². The fourth-order valence-electron chi connectivity index (χ4n) is 1.97. The molecule has 0 unspecified atom stereocenters. The van der Waals surface area contributed by atoms with Gasteiger partial charge in [-0.1, -0.05) is 41.0 Å². The Morgan fingerprint density at radius 1 is 1.08 bits per heavy atom. The molecule has 0 atom stereocenters. The maximum atomic E-state index is 7.03. The van der Waals surface area contributed by atoms with Crippen LogP contribution < -0.4 is 0 Å². The van der Waals surface area contributed by atoms with Gasteiger partial charge < -0.3 is 5.41 Å². The monoisotopic (exact) mass is 183 g/mol. The molecule has 78 valence electrons. The van der Waals surface area contributed by atoms with Gasteiger partial charge in [0.25, 0.3) is 0 Å². The van der Waals surface area contributed by atoms with E-state index < -0.39 is 0 Å². The highest BCUT2D eigenvalue weighted by molar-refractivity contribution is 5.52. The van der Waals surface area contributed by atoms with E-state index in [-0.39, 0.29) is 0 Å². The Bertz CT molecular complexity index is 157. The van der Waals surface area contributed by atoms with Gasteiger partial charge in [-0.25, -0.2) is 0 Å². The third kappa shape index (κ3) is 5.84. The topological polar surface area (TPSA) is 23.9 Å². The predicted octanol–water partition coefficient (Wildman–Crippen LogP) is 4.27. The Kier molecular flexibility index (Phi) is 4.66. The van der Waals surface area contributed by atoms with Crippen LogP contribution in [0.5, 0.6) is 0 Å². The van der Waals surface area contributed by atoms with Crippen LogP contribution in [-0.4, -0.2) is 6.21 Å². The van der Waals surface area contributed by atoms with Gasteiger partial charge in [-0.05, 0) is 36.3 Å². The third-order valence-corrected chi connectivity index (χ3v) is 2.88. The number of nitrogens with one attached hydrogen (secondary N) is 1. The number of hydrogen-bond donors (Lipinski definition) is 1. The average molecular weight is 183 g/mol. The van der Waals surface area contributed by atoms with Crippen LogP contribution in [0.2, 0.25) is 0 Å². The molecule has 0 bridgehead atoms. The van der Waals surface area contributed by atoms with Crippen molar-refractivity contribution in [1.82, 2.24) is 0 Å².